The highest BCUT2D eigenvalue weighted by Crippen LogP contribution is 2.32. The van der Waals surface area contributed by atoms with E-state index >= 15 is 0 Å². The summed E-state index contributed by atoms with van der Waals surface area (Å²) in [6.07, 6.45) is 2.28. The van der Waals surface area contributed by atoms with Crippen molar-refractivity contribution in [2.45, 2.75) is 38.6 Å². The van der Waals surface area contributed by atoms with Crippen LogP contribution < -0.4 is 5.32 Å². The third-order valence-corrected chi connectivity index (χ3v) is 3.84. The lowest BCUT2D eigenvalue weighted by Gasteiger charge is -2.32. The second kappa shape index (κ2) is 4.24. The Bertz CT molecular complexity index is 399. The maximum absolute atomic E-state index is 11.4. The molecule has 2 rings (SSSR count). The normalized spacial score (nSPS) is 25.1. The molecule has 2 heterocycles. The van der Waals surface area contributed by atoms with Crippen molar-refractivity contribution in [3.8, 4) is 0 Å². The molecule has 1 amide bonds. The van der Waals surface area contributed by atoms with Crippen LogP contribution in [0.4, 0.5) is 0 Å². The van der Waals surface area contributed by atoms with Crippen LogP contribution in [0.15, 0.2) is 21.2 Å². The van der Waals surface area contributed by atoms with Crippen LogP contribution in [0.2, 0.25) is 0 Å². The lowest BCUT2D eigenvalue weighted by Crippen LogP contribution is -2.48. The Kier molecular flexibility index (Phi) is 3.10. The molecule has 1 aromatic heterocycles. The van der Waals surface area contributed by atoms with Crippen LogP contribution in [0.25, 0.3) is 0 Å². The topological polar surface area (TPSA) is 42.2 Å². The Morgan fingerprint density at radius 2 is 2.31 bits per heavy atom. The number of hydrogen-bond acceptors (Lipinski definition) is 2. The van der Waals surface area contributed by atoms with Gasteiger partial charge in [-0.2, -0.15) is 0 Å². The third kappa shape index (κ3) is 2.17. The zero-order valence-electron chi connectivity index (χ0n) is 9.55. The lowest BCUT2D eigenvalue weighted by atomic mass is 9.81. The lowest BCUT2D eigenvalue weighted by molar-refractivity contribution is -0.120. The number of furan rings is 1. The molecule has 3 nitrogen and oxygen atoms in total. The van der Waals surface area contributed by atoms with E-state index in [1.165, 1.54) is 0 Å². The Balaban J connectivity index is 2.18. The highest BCUT2D eigenvalue weighted by atomic mass is 79.9. The maximum Gasteiger partial charge on any atom is 0.220 e. The van der Waals surface area contributed by atoms with Crippen molar-refractivity contribution in [2.24, 2.45) is 5.92 Å². The summed E-state index contributed by atoms with van der Waals surface area (Å²) in [5.41, 5.74) is -0.131. The third-order valence-electron chi connectivity index (χ3n) is 3.41. The second-order valence-corrected chi connectivity index (χ2v) is 5.52. The molecular weight excluding hydrogens is 270 g/mol. The molecule has 0 aromatic carbocycles. The average Bonchev–Trinajstić information content (AvgIpc) is 2.75. The first-order chi connectivity index (χ1) is 7.52. The Hall–Kier alpha value is -0.770. The van der Waals surface area contributed by atoms with Crippen molar-refractivity contribution in [3.05, 3.63) is 22.6 Å². The van der Waals surface area contributed by atoms with Gasteiger partial charge in [-0.05, 0) is 40.4 Å². The van der Waals surface area contributed by atoms with Crippen LogP contribution >= 0.6 is 15.9 Å². The van der Waals surface area contributed by atoms with Gasteiger partial charge in [-0.25, -0.2) is 0 Å². The monoisotopic (exact) mass is 285 g/mol. The molecule has 1 aromatic rings. The van der Waals surface area contributed by atoms with Gasteiger partial charge < -0.3 is 9.73 Å². The standard InChI is InChI=1S/C12H16BrNO2/c1-8(2)12(6-5-11(15)14-12)7-9-3-4-10(13)16-9/h3-4,8H,5-7H2,1-2H3,(H,14,15). The van der Waals surface area contributed by atoms with Crippen LogP contribution in [-0.4, -0.2) is 11.4 Å². The van der Waals surface area contributed by atoms with Crippen molar-refractivity contribution in [1.82, 2.24) is 5.32 Å². The molecule has 0 spiro atoms. The molecular formula is C12H16BrNO2. The number of rotatable bonds is 3. The molecule has 1 unspecified atom stereocenters. The molecule has 1 saturated heterocycles. The number of carbonyl (C=O) groups is 1. The zero-order chi connectivity index (χ0) is 11.8. The Morgan fingerprint density at radius 3 is 2.75 bits per heavy atom. The van der Waals surface area contributed by atoms with E-state index in [2.05, 4.69) is 35.1 Å². The highest BCUT2D eigenvalue weighted by Gasteiger charge is 2.41. The summed E-state index contributed by atoms with van der Waals surface area (Å²) in [7, 11) is 0. The van der Waals surface area contributed by atoms with E-state index < -0.39 is 0 Å². The van der Waals surface area contributed by atoms with Gasteiger partial charge in [0.2, 0.25) is 5.91 Å². The fraction of sp³-hybridized carbons (Fsp3) is 0.583. The predicted octanol–water partition coefficient (Wildman–Crippen LogP) is 2.89. The van der Waals surface area contributed by atoms with Gasteiger partial charge in [0.1, 0.15) is 5.76 Å². The number of halogens is 1. The molecule has 0 aliphatic carbocycles. The summed E-state index contributed by atoms with van der Waals surface area (Å²) in [6, 6.07) is 3.85. The second-order valence-electron chi connectivity index (χ2n) is 4.74. The zero-order valence-corrected chi connectivity index (χ0v) is 11.1. The van der Waals surface area contributed by atoms with Crippen molar-refractivity contribution in [1.29, 1.82) is 0 Å². The van der Waals surface area contributed by atoms with Crippen LogP contribution in [0.5, 0.6) is 0 Å². The van der Waals surface area contributed by atoms with Crippen LogP contribution in [-0.2, 0) is 11.2 Å². The Morgan fingerprint density at radius 1 is 1.56 bits per heavy atom. The minimum atomic E-state index is -0.131. The fourth-order valence-corrected chi connectivity index (χ4v) is 2.61. The summed E-state index contributed by atoms with van der Waals surface area (Å²) in [5, 5.41) is 3.11. The van der Waals surface area contributed by atoms with Gasteiger partial charge in [-0.15, -0.1) is 0 Å². The predicted molar refractivity (Wildman–Crippen MR) is 65.1 cm³/mol. The average molecular weight is 286 g/mol. The van der Waals surface area contributed by atoms with Crippen molar-refractivity contribution < 1.29 is 9.21 Å². The molecule has 1 atom stereocenters. The SMILES string of the molecule is CC(C)C1(Cc2ccc(Br)o2)CCC(=O)N1. The number of hydrogen-bond donors (Lipinski definition) is 1. The molecule has 1 fully saturated rings. The molecule has 16 heavy (non-hydrogen) atoms. The van der Waals surface area contributed by atoms with E-state index in [0.717, 1.165) is 23.3 Å². The molecule has 88 valence electrons. The van der Waals surface area contributed by atoms with Gasteiger partial charge in [0, 0.05) is 18.4 Å². The van der Waals surface area contributed by atoms with Gasteiger partial charge in [-0.3, -0.25) is 4.79 Å². The van der Waals surface area contributed by atoms with E-state index in [1.54, 1.807) is 0 Å². The van der Waals surface area contributed by atoms with Gasteiger partial charge >= 0.3 is 0 Å². The summed E-state index contributed by atoms with van der Waals surface area (Å²) in [5.74, 6) is 1.48. The molecule has 0 radical (unpaired) electrons. The van der Waals surface area contributed by atoms with Crippen molar-refractivity contribution in [2.75, 3.05) is 0 Å². The molecule has 0 saturated carbocycles. The van der Waals surface area contributed by atoms with E-state index in [1.807, 2.05) is 12.1 Å². The largest absolute Gasteiger partial charge is 0.454 e. The summed E-state index contributed by atoms with van der Waals surface area (Å²) >= 11 is 3.29. The molecule has 1 N–H and O–H groups in total. The van der Waals surface area contributed by atoms with E-state index in [0.29, 0.717) is 12.3 Å². The number of amides is 1. The van der Waals surface area contributed by atoms with Gasteiger partial charge in [0.15, 0.2) is 4.67 Å². The van der Waals surface area contributed by atoms with Crippen molar-refractivity contribution in [3.63, 3.8) is 0 Å². The Labute approximate surface area is 104 Å². The molecule has 0 bridgehead atoms. The minimum Gasteiger partial charge on any atom is -0.454 e. The van der Waals surface area contributed by atoms with E-state index in [9.17, 15) is 4.79 Å². The number of carbonyl (C=O) groups excluding carboxylic acids is 1. The summed E-state index contributed by atoms with van der Waals surface area (Å²) < 4.78 is 6.26. The van der Waals surface area contributed by atoms with Crippen LogP contribution in [0.3, 0.4) is 0 Å². The molecule has 1 aliphatic heterocycles. The summed E-state index contributed by atoms with van der Waals surface area (Å²) in [6.45, 7) is 4.28. The highest BCUT2D eigenvalue weighted by molar-refractivity contribution is 9.10. The number of nitrogens with one attached hydrogen (secondary N) is 1. The van der Waals surface area contributed by atoms with E-state index in [-0.39, 0.29) is 11.4 Å². The van der Waals surface area contributed by atoms with E-state index in [4.69, 9.17) is 4.42 Å². The minimum absolute atomic E-state index is 0.131. The molecule has 4 heteroatoms. The summed E-state index contributed by atoms with van der Waals surface area (Å²) in [4.78, 5) is 11.4. The van der Waals surface area contributed by atoms with Crippen molar-refractivity contribution >= 4 is 21.8 Å². The van der Waals surface area contributed by atoms with Crippen LogP contribution in [0.1, 0.15) is 32.4 Å². The first kappa shape index (κ1) is 11.7. The maximum atomic E-state index is 11.4. The first-order valence-electron chi connectivity index (χ1n) is 5.57. The van der Waals surface area contributed by atoms with Gasteiger partial charge in [0.25, 0.3) is 0 Å². The van der Waals surface area contributed by atoms with Gasteiger partial charge in [0.05, 0.1) is 0 Å². The fourth-order valence-electron chi connectivity index (χ4n) is 2.27. The van der Waals surface area contributed by atoms with Gasteiger partial charge in [-0.1, -0.05) is 13.8 Å². The van der Waals surface area contributed by atoms with Crippen LogP contribution in [0, 0.1) is 5.92 Å². The first-order valence-corrected chi connectivity index (χ1v) is 6.36. The smallest absolute Gasteiger partial charge is 0.220 e. The quantitative estimate of drug-likeness (QED) is 0.928. The molecule has 1 aliphatic rings.